The second-order valence-electron chi connectivity index (χ2n) is 2.91. The summed E-state index contributed by atoms with van der Waals surface area (Å²) in [5, 5.41) is 17.7. The predicted molar refractivity (Wildman–Crippen MR) is 46.3 cm³/mol. The molecule has 2 N–H and O–H groups in total. The smallest absolute Gasteiger partial charge is 0.337 e. The molecule has 1 rings (SSSR count). The van der Waals surface area contributed by atoms with Gasteiger partial charge in [-0.25, -0.2) is 4.79 Å². The Morgan fingerprint density at radius 1 is 1.54 bits per heavy atom. The third kappa shape index (κ3) is 2.03. The Balaban J connectivity index is 3.03. The molecular formula is C9H11NO3. The zero-order chi connectivity index (χ0) is 10.0. The van der Waals surface area contributed by atoms with Gasteiger partial charge in [0.05, 0.1) is 0 Å². The van der Waals surface area contributed by atoms with Crippen LogP contribution in [0.1, 0.15) is 22.9 Å². The van der Waals surface area contributed by atoms with Crippen molar-refractivity contribution >= 4 is 5.97 Å². The van der Waals surface area contributed by atoms with Gasteiger partial charge in [0.15, 0.2) is 6.10 Å². The lowest BCUT2D eigenvalue weighted by molar-refractivity contribution is -0.146. The highest BCUT2D eigenvalue weighted by Crippen LogP contribution is 2.14. The van der Waals surface area contributed by atoms with E-state index < -0.39 is 12.1 Å². The van der Waals surface area contributed by atoms with Crippen LogP contribution in [-0.4, -0.2) is 21.2 Å². The predicted octanol–water partition coefficient (Wildman–Crippen LogP) is 0.816. The fourth-order valence-electron chi connectivity index (χ4n) is 0.957. The number of nitrogens with zero attached hydrogens (tertiary/aromatic N) is 1. The van der Waals surface area contributed by atoms with Crippen molar-refractivity contribution in [3.05, 3.63) is 29.1 Å². The molecule has 0 bridgehead atoms. The Hall–Kier alpha value is -1.42. The minimum absolute atomic E-state index is 0.315. The van der Waals surface area contributed by atoms with Gasteiger partial charge in [-0.2, -0.15) is 0 Å². The van der Waals surface area contributed by atoms with E-state index in [1.54, 1.807) is 6.07 Å². The maximum Gasteiger partial charge on any atom is 0.337 e. The number of carbonyl (C=O) groups is 1. The van der Waals surface area contributed by atoms with E-state index in [0.717, 1.165) is 11.3 Å². The van der Waals surface area contributed by atoms with Crippen molar-refractivity contribution in [2.24, 2.45) is 0 Å². The van der Waals surface area contributed by atoms with Crippen molar-refractivity contribution in [1.82, 2.24) is 4.98 Å². The maximum absolute atomic E-state index is 10.4. The van der Waals surface area contributed by atoms with Gasteiger partial charge < -0.3 is 10.2 Å². The van der Waals surface area contributed by atoms with Crippen LogP contribution in [-0.2, 0) is 4.79 Å². The number of carboxylic acids is 1. The van der Waals surface area contributed by atoms with Crippen LogP contribution in [0.5, 0.6) is 0 Å². The molecule has 0 radical (unpaired) electrons. The number of hydrogen-bond acceptors (Lipinski definition) is 3. The van der Waals surface area contributed by atoms with Crippen LogP contribution in [0.2, 0.25) is 0 Å². The molecule has 4 nitrogen and oxygen atoms in total. The summed E-state index contributed by atoms with van der Waals surface area (Å²) in [6.07, 6.45) is -0.104. The van der Waals surface area contributed by atoms with Gasteiger partial charge in [-0.15, -0.1) is 0 Å². The summed E-state index contributed by atoms with van der Waals surface area (Å²) in [6.45, 7) is 3.65. The number of aromatic nitrogens is 1. The fourth-order valence-corrected chi connectivity index (χ4v) is 0.957. The first-order valence-electron chi connectivity index (χ1n) is 3.86. The van der Waals surface area contributed by atoms with Crippen LogP contribution in [0.3, 0.4) is 0 Å². The second-order valence-corrected chi connectivity index (χ2v) is 2.91. The first-order chi connectivity index (χ1) is 6.02. The molecule has 1 aromatic heterocycles. The molecule has 0 spiro atoms. The lowest BCUT2D eigenvalue weighted by atomic mass is 10.1. The van der Waals surface area contributed by atoms with Crippen molar-refractivity contribution in [2.75, 3.05) is 0 Å². The van der Waals surface area contributed by atoms with E-state index in [9.17, 15) is 9.90 Å². The normalized spacial score (nSPS) is 12.5. The van der Waals surface area contributed by atoms with Crippen molar-refractivity contribution in [3.63, 3.8) is 0 Å². The van der Waals surface area contributed by atoms with E-state index >= 15 is 0 Å². The summed E-state index contributed by atoms with van der Waals surface area (Å²) in [7, 11) is 0. The molecule has 0 fully saturated rings. The second kappa shape index (κ2) is 3.53. The van der Waals surface area contributed by atoms with Crippen LogP contribution in [0.25, 0.3) is 0 Å². The summed E-state index contributed by atoms with van der Waals surface area (Å²) >= 11 is 0. The monoisotopic (exact) mass is 181 g/mol. The van der Waals surface area contributed by atoms with Crippen LogP contribution < -0.4 is 0 Å². The Bertz CT molecular complexity index is 336. The topological polar surface area (TPSA) is 70.4 Å². The Morgan fingerprint density at radius 2 is 2.15 bits per heavy atom. The van der Waals surface area contributed by atoms with Crippen LogP contribution >= 0.6 is 0 Å². The van der Waals surface area contributed by atoms with Crippen molar-refractivity contribution in [1.29, 1.82) is 0 Å². The molecule has 0 aliphatic heterocycles. The third-order valence-electron chi connectivity index (χ3n) is 1.91. The average Bonchev–Trinajstić information content (AvgIpc) is 2.08. The van der Waals surface area contributed by atoms with Gasteiger partial charge >= 0.3 is 5.97 Å². The summed E-state index contributed by atoms with van der Waals surface area (Å²) in [6, 6.07) is 1.63. The molecule has 4 heteroatoms. The lowest BCUT2D eigenvalue weighted by Gasteiger charge is -2.06. The van der Waals surface area contributed by atoms with E-state index in [1.165, 1.54) is 6.20 Å². The van der Waals surface area contributed by atoms with Crippen molar-refractivity contribution in [3.8, 4) is 0 Å². The molecule has 0 aromatic carbocycles. The molecule has 13 heavy (non-hydrogen) atoms. The molecule has 0 amide bonds. The van der Waals surface area contributed by atoms with Gasteiger partial charge in [0.25, 0.3) is 0 Å². The minimum atomic E-state index is -1.48. The van der Waals surface area contributed by atoms with E-state index in [4.69, 9.17) is 5.11 Å². The summed E-state index contributed by atoms with van der Waals surface area (Å²) < 4.78 is 0. The number of rotatable bonds is 2. The van der Waals surface area contributed by atoms with Gasteiger partial charge in [0, 0.05) is 17.5 Å². The number of aliphatic carboxylic acids is 1. The van der Waals surface area contributed by atoms with Gasteiger partial charge in [-0.3, -0.25) is 4.98 Å². The van der Waals surface area contributed by atoms with E-state index in [2.05, 4.69) is 4.98 Å². The summed E-state index contributed by atoms with van der Waals surface area (Å²) in [5.74, 6) is -1.26. The molecule has 0 saturated heterocycles. The highest BCUT2D eigenvalue weighted by molar-refractivity contribution is 5.73. The van der Waals surface area contributed by atoms with Gasteiger partial charge in [-0.05, 0) is 25.5 Å². The highest BCUT2D eigenvalue weighted by Gasteiger charge is 2.16. The molecule has 0 saturated carbocycles. The SMILES string of the molecule is Cc1cc(C(O)C(=O)O)cnc1C. The van der Waals surface area contributed by atoms with E-state index in [1.807, 2.05) is 13.8 Å². The molecular weight excluding hydrogens is 170 g/mol. The zero-order valence-corrected chi connectivity index (χ0v) is 7.48. The number of aliphatic hydroxyl groups is 1. The quantitative estimate of drug-likeness (QED) is 0.708. The Morgan fingerprint density at radius 3 is 2.62 bits per heavy atom. The third-order valence-corrected chi connectivity index (χ3v) is 1.91. The van der Waals surface area contributed by atoms with Gasteiger partial charge in [0.1, 0.15) is 0 Å². The molecule has 1 heterocycles. The lowest BCUT2D eigenvalue weighted by Crippen LogP contribution is -2.11. The minimum Gasteiger partial charge on any atom is -0.479 e. The van der Waals surface area contributed by atoms with Gasteiger partial charge in [0.2, 0.25) is 0 Å². The first-order valence-corrected chi connectivity index (χ1v) is 3.86. The van der Waals surface area contributed by atoms with Crippen molar-refractivity contribution < 1.29 is 15.0 Å². The molecule has 0 aliphatic rings. The van der Waals surface area contributed by atoms with Crippen LogP contribution in [0, 0.1) is 13.8 Å². The maximum atomic E-state index is 10.4. The number of aliphatic hydroxyl groups excluding tert-OH is 1. The summed E-state index contributed by atoms with van der Waals surface area (Å²) in [4.78, 5) is 14.4. The number of hydrogen-bond donors (Lipinski definition) is 2. The van der Waals surface area contributed by atoms with E-state index in [-0.39, 0.29) is 0 Å². The number of carboxylic acid groups (broad SMARTS) is 1. The molecule has 1 aromatic rings. The Labute approximate surface area is 75.9 Å². The summed E-state index contributed by atoms with van der Waals surface area (Å²) in [5.41, 5.74) is 2.02. The number of aryl methyl sites for hydroxylation is 2. The van der Waals surface area contributed by atoms with E-state index in [0.29, 0.717) is 5.56 Å². The zero-order valence-electron chi connectivity index (χ0n) is 7.48. The fraction of sp³-hybridized carbons (Fsp3) is 0.333. The highest BCUT2D eigenvalue weighted by atomic mass is 16.4. The molecule has 0 aliphatic carbocycles. The van der Waals surface area contributed by atoms with Crippen LogP contribution in [0.4, 0.5) is 0 Å². The standard InChI is InChI=1S/C9H11NO3/c1-5-3-7(4-10-6(5)2)8(11)9(12)13/h3-4,8,11H,1-2H3,(H,12,13). The first kappa shape index (κ1) is 9.67. The van der Waals surface area contributed by atoms with Crippen molar-refractivity contribution in [2.45, 2.75) is 20.0 Å². The van der Waals surface area contributed by atoms with Crippen LogP contribution in [0.15, 0.2) is 12.3 Å². The average molecular weight is 181 g/mol. The Kier molecular flexibility index (Phi) is 2.63. The molecule has 70 valence electrons. The van der Waals surface area contributed by atoms with Gasteiger partial charge in [-0.1, -0.05) is 0 Å². The number of pyridine rings is 1. The largest absolute Gasteiger partial charge is 0.479 e. The molecule has 1 atom stereocenters. The molecule has 1 unspecified atom stereocenters.